The third kappa shape index (κ3) is 3.06. The minimum absolute atomic E-state index is 1.09. The van der Waals surface area contributed by atoms with Crippen LogP contribution in [0.4, 0.5) is 0 Å². The summed E-state index contributed by atoms with van der Waals surface area (Å²) in [6.45, 7) is 0. The molecule has 2 unspecified atom stereocenters. The monoisotopic (exact) mass is 496 g/mol. The summed E-state index contributed by atoms with van der Waals surface area (Å²) in [6, 6.07) is 17.8. The molecule has 0 aromatic heterocycles. The van der Waals surface area contributed by atoms with Gasteiger partial charge in [-0.15, -0.1) is 0 Å². The summed E-state index contributed by atoms with van der Waals surface area (Å²) < 4.78 is 3.35. The predicted octanol–water partition coefficient (Wildman–Crippen LogP) is 6.62. The number of benzene rings is 2. The zero-order valence-corrected chi connectivity index (χ0v) is 20.0. The van der Waals surface area contributed by atoms with E-state index >= 15 is 0 Å². The van der Waals surface area contributed by atoms with Gasteiger partial charge in [0, 0.05) is 0 Å². The van der Waals surface area contributed by atoms with Crippen LogP contribution in [0.2, 0.25) is 10.4 Å². The number of hydrogen-bond acceptors (Lipinski definition) is 0. The van der Waals surface area contributed by atoms with Gasteiger partial charge in [-0.1, -0.05) is 0 Å². The molecule has 0 saturated carbocycles. The van der Waals surface area contributed by atoms with Crippen molar-refractivity contribution in [3.05, 3.63) is 114 Å². The van der Waals surface area contributed by atoms with Gasteiger partial charge in [-0.25, -0.2) is 0 Å². The number of fused-ring (bicyclic) bond motifs is 6. The summed E-state index contributed by atoms with van der Waals surface area (Å²) in [4.78, 5) is 5.12. The Balaban J connectivity index is 1.15. The van der Waals surface area contributed by atoms with Gasteiger partial charge in [-0.05, 0) is 0 Å². The Morgan fingerprint density at radius 3 is 1.59 bits per heavy atom. The van der Waals surface area contributed by atoms with E-state index in [1.807, 2.05) is 0 Å². The first-order chi connectivity index (χ1) is 14.4. The van der Waals surface area contributed by atoms with E-state index in [2.05, 4.69) is 94.7 Å². The van der Waals surface area contributed by atoms with Gasteiger partial charge in [-0.2, -0.15) is 0 Å². The molecule has 4 aliphatic rings. The molecule has 2 aliphatic carbocycles. The average Bonchev–Trinajstić information content (AvgIpc) is 3.33. The van der Waals surface area contributed by atoms with Crippen molar-refractivity contribution >= 4 is 52.6 Å². The summed E-state index contributed by atoms with van der Waals surface area (Å²) in [5.74, 6) is 0. The van der Waals surface area contributed by atoms with Crippen LogP contribution >= 0.6 is 0 Å². The van der Waals surface area contributed by atoms with Crippen LogP contribution in [0.3, 0.4) is 0 Å². The number of rotatable bonds is 4. The molecule has 2 atom stereocenters. The standard InChI is InChI=1S/C27H22As2/c1-3-10-22-20(8-1)18-26-24(22)12-5-14-28(26)16-7-17-29-15-6-13-25-23-11-4-2-9-21(23)19-27(25)29/h1-6,8-15,18-19H,7,16-17H2. The fraction of sp³-hybridized carbons (Fsp3) is 0.111. The molecule has 0 spiro atoms. The van der Waals surface area contributed by atoms with E-state index < -0.39 is 29.3 Å². The van der Waals surface area contributed by atoms with Crippen LogP contribution in [0.1, 0.15) is 28.7 Å². The second-order valence-corrected chi connectivity index (χ2v) is 16.9. The zero-order chi connectivity index (χ0) is 19.2. The van der Waals surface area contributed by atoms with Crippen LogP contribution in [0.5, 0.6) is 0 Å². The van der Waals surface area contributed by atoms with Crippen molar-refractivity contribution in [2.75, 3.05) is 0 Å². The van der Waals surface area contributed by atoms with Crippen molar-refractivity contribution in [2.45, 2.75) is 16.8 Å². The van der Waals surface area contributed by atoms with Gasteiger partial charge in [0.25, 0.3) is 0 Å². The quantitative estimate of drug-likeness (QED) is 0.418. The third-order valence-corrected chi connectivity index (χ3v) is 15.8. The van der Waals surface area contributed by atoms with E-state index in [0.717, 1.165) is 0 Å². The molecular weight excluding hydrogens is 474 g/mol. The molecule has 2 heterocycles. The van der Waals surface area contributed by atoms with Crippen LogP contribution in [0, 0.1) is 0 Å². The molecule has 2 aliphatic heterocycles. The van der Waals surface area contributed by atoms with Crippen molar-refractivity contribution in [2.24, 2.45) is 0 Å². The predicted molar refractivity (Wildman–Crippen MR) is 129 cm³/mol. The average molecular weight is 496 g/mol. The Kier molecular flexibility index (Phi) is 4.52. The van der Waals surface area contributed by atoms with Gasteiger partial charge < -0.3 is 0 Å². The van der Waals surface area contributed by atoms with Crippen molar-refractivity contribution in [3.8, 4) is 0 Å². The van der Waals surface area contributed by atoms with Crippen LogP contribution in [0.25, 0.3) is 23.3 Å². The van der Waals surface area contributed by atoms with Crippen LogP contribution in [-0.2, 0) is 0 Å². The second kappa shape index (κ2) is 7.35. The normalized spacial score (nSPS) is 22.8. The number of hydrogen-bond donors (Lipinski definition) is 0. The first-order valence-electron chi connectivity index (χ1n) is 10.3. The molecule has 0 radical (unpaired) electrons. The van der Waals surface area contributed by atoms with E-state index in [-0.39, 0.29) is 0 Å². The maximum absolute atomic E-state index is 2.56. The first kappa shape index (κ1) is 17.8. The molecule has 0 nitrogen and oxygen atoms in total. The van der Waals surface area contributed by atoms with Crippen molar-refractivity contribution in [3.63, 3.8) is 0 Å². The van der Waals surface area contributed by atoms with Crippen molar-refractivity contribution in [1.82, 2.24) is 0 Å². The summed E-state index contributed by atoms with van der Waals surface area (Å²) in [5.41, 5.74) is 8.76. The molecule has 29 heavy (non-hydrogen) atoms. The molecule has 2 aromatic carbocycles. The van der Waals surface area contributed by atoms with Gasteiger partial charge in [0.2, 0.25) is 0 Å². The van der Waals surface area contributed by atoms with Crippen LogP contribution < -0.4 is 0 Å². The Bertz CT molecular complexity index is 1090. The molecule has 0 N–H and O–H groups in total. The summed E-state index contributed by atoms with van der Waals surface area (Å²) in [5, 5.41) is 2.80. The van der Waals surface area contributed by atoms with E-state index in [4.69, 9.17) is 0 Å². The Morgan fingerprint density at radius 1 is 0.586 bits per heavy atom. The van der Waals surface area contributed by atoms with Crippen molar-refractivity contribution in [1.29, 1.82) is 0 Å². The zero-order valence-electron chi connectivity index (χ0n) is 16.3. The Morgan fingerprint density at radius 2 is 1.07 bits per heavy atom. The van der Waals surface area contributed by atoms with Gasteiger partial charge in [0.05, 0.1) is 0 Å². The molecule has 0 bridgehead atoms. The molecule has 0 amide bonds. The molecular formula is C27H22As2. The fourth-order valence-electron chi connectivity index (χ4n) is 4.74. The molecule has 140 valence electrons. The van der Waals surface area contributed by atoms with Crippen LogP contribution in [-0.4, -0.2) is 29.3 Å². The van der Waals surface area contributed by atoms with E-state index in [1.54, 1.807) is 8.72 Å². The van der Waals surface area contributed by atoms with Gasteiger partial charge in [0.1, 0.15) is 0 Å². The van der Waals surface area contributed by atoms with E-state index in [1.165, 1.54) is 50.2 Å². The third-order valence-electron chi connectivity index (χ3n) is 6.11. The van der Waals surface area contributed by atoms with E-state index in [9.17, 15) is 0 Å². The van der Waals surface area contributed by atoms with E-state index in [0.29, 0.717) is 0 Å². The minimum atomic E-state index is -1.09. The second-order valence-electron chi connectivity index (χ2n) is 7.82. The van der Waals surface area contributed by atoms with Gasteiger partial charge in [-0.3, -0.25) is 0 Å². The Labute approximate surface area is 182 Å². The van der Waals surface area contributed by atoms with Gasteiger partial charge in [0.15, 0.2) is 0 Å². The van der Waals surface area contributed by atoms with Crippen molar-refractivity contribution < 1.29 is 0 Å². The summed E-state index contributed by atoms with van der Waals surface area (Å²) in [6.07, 6.45) is 15.7. The fourth-order valence-corrected chi connectivity index (χ4v) is 14.9. The summed E-state index contributed by atoms with van der Waals surface area (Å²) >= 11 is -2.17. The van der Waals surface area contributed by atoms with Crippen LogP contribution in [0.15, 0.2) is 91.3 Å². The number of allylic oxidation sites excluding steroid dienone is 8. The maximum atomic E-state index is 2.56. The first-order valence-corrected chi connectivity index (χ1v) is 17.0. The molecule has 0 fully saturated rings. The Hall–Kier alpha value is -2.00. The molecule has 6 rings (SSSR count). The molecule has 0 saturated heterocycles. The summed E-state index contributed by atoms with van der Waals surface area (Å²) in [7, 11) is 0. The molecule has 2 heteroatoms. The SMILES string of the molecule is C1=C[As](CCC[As]2C=CC=C3C2=Cc2ccccc23)C2=Cc3ccccc3C2=C1. The topological polar surface area (TPSA) is 0 Å². The molecule has 2 aromatic rings. The van der Waals surface area contributed by atoms with Gasteiger partial charge >= 0.3 is 183 Å².